The standard InChI is InChI=1S/C13H15N3O4S/c1-9-5-11(16-20-9)15-13(18)8-21-7-12(17)14-6-10-3-2-4-19-10/h2-5H,6-8H2,1H3,(H,14,17)(H,15,16,18). The minimum absolute atomic E-state index is 0.151. The Kier molecular flexibility index (Phi) is 5.44. The maximum absolute atomic E-state index is 11.6. The molecule has 0 aromatic carbocycles. The van der Waals surface area contributed by atoms with Gasteiger partial charge in [-0.15, -0.1) is 11.8 Å². The van der Waals surface area contributed by atoms with Crippen molar-refractivity contribution >= 4 is 29.4 Å². The Morgan fingerprint density at radius 3 is 2.81 bits per heavy atom. The van der Waals surface area contributed by atoms with E-state index in [1.54, 1.807) is 31.4 Å². The lowest BCUT2D eigenvalue weighted by Gasteiger charge is -2.03. The maximum atomic E-state index is 11.6. The van der Waals surface area contributed by atoms with Crippen molar-refractivity contribution in [2.24, 2.45) is 0 Å². The molecule has 0 aliphatic heterocycles. The highest BCUT2D eigenvalue weighted by molar-refractivity contribution is 8.00. The van der Waals surface area contributed by atoms with Crippen LogP contribution in [0.3, 0.4) is 0 Å². The van der Waals surface area contributed by atoms with Crippen molar-refractivity contribution in [1.82, 2.24) is 10.5 Å². The van der Waals surface area contributed by atoms with Gasteiger partial charge in [-0.1, -0.05) is 5.16 Å². The highest BCUT2D eigenvalue weighted by atomic mass is 32.2. The third-order valence-electron chi connectivity index (χ3n) is 2.40. The number of carbonyl (C=O) groups is 2. The number of aromatic nitrogens is 1. The van der Waals surface area contributed by atoms with Crippen molar-refractivity contribution in [1.29, 1.82) is 0 Å². The molecule has 0 fully saturated rings. The molecule has 0 unspecified atom stereocenters. The molecular formula is C13H15N3O4S. The van der Waals surface area contributed by atoms with Gasteiger partial charge in [0.25, 0.3) is 0 Å². The number of aryl methyl sites for hydroxylation is 1. The summed E-state index contributed by atoms with van der Waals surface area (Å²) in [4.78, 5) is 23.1. The summed E-state index contributed by atoms with van der Waals surface area (Å²) in [6.45, 7) is 2.08. The number of furan rings is 1. The van der Waals surface area contributed by atoms with Crippen LogP contribution < -0.4 is 10.6 Å². The zero-order chi connectivity index (χ0) is 15.1. The van der Waals surface area contributed by atoms with E-state index in [9.17, 15) is 9.59 Å². The Morgan fingerprint density at radius 2 is 2.14 bits per heavy atom. The third-order valence-corrected chi connectivity index (χ3v) is 3.33. The number of hydrogen-bond donors (Lipinski definition) is 2. The zero-order valence-corrected chi connectivity index (χ0v) is 12.2. The number of thioether (sulfide) groups is 1. The lowest BCUT2D eigenvalue weighted by molar-refractivity contribution is -0.118. The monoisotopic (exact) mass is 309 g/mol. The summed E-state index contributed by atoms with van der Waals surface area (Å²) in [6, 6.07) is 5.16. The van der Waals surface area contributed by atoms with Crippen LogP contribution in [0, 0.1) is 6.92 Å². The van der Waals surface area contributed by atoms with Gasteiger partial charge < -0.3 is 19.6 Å². The first kappa shape index (κ1) is 15.2. The SMILES string of the molecule is Cc1cc(NC(=O)CSCC(=O)NCc2ccco2)no1. The number of anilines is 1. The summed E-state index contributed by atoms with van der Waals surface area (Å²) in [5, 5.41) is 8.93. The molecule has 0 atom stereocenters. The minimum atomic E-state index is -0.230. The van der Waals surface area contributed by atoms with Gasteiger partial charge in [0, 0.05) is 6.07 Å². The molecule has 0 aliphatic rings. The normalized spacial score (nSPS) is 10.3. The molecule has 8 heteroatoms. The second-order valence-electron chi connectivity index (χ2n) is 4.22. The molecule has 0 aliphatic carbocycles. The molecule has 2 N–H and O–H groups in total. The van der Waals surface area contributed by atoms with Gasteiger partial charge >= 0.3 is 0 Å². The lowest BCUT2D eigenvalue weighted by Crippen LogP contribution is -2.25. The van der Waals surface area contributed by atoms with Gasteiger partial charge in [-0.2, -0.15) is 0 Å². The lowest BCUT2D eigenvalue weighted by atomic mass is 10.4. The molecule has 0 saturated heterocycles. The summed E-state index contributed by atoms with van der Waals surface area (Å²) < 4.78 is 9.92. The van der Waals surface area contributed by atoms with Crippen molar-refractivity contribution in [3.63, 3.8) is 0 Å². The van der Waals surface area contributed by atoms with Crippen LogP contribution in [0.1, 0.15) is 11.5 Å². The Balaban J connectivity index is 1.60. The third kappa shape index (κ3) is 5.35. The highest BCUT2D eigenvalue weighted by Crippen LogP contribution is 2.08. The molecule has 0 spiro atoms. The fraction of sp³-hybridized carbons (Fsp3) is 0.308. The zero-order valence-electron chi connectivity index (χ0n) is 11.4. The van der Waals surface area contributed by atoms with Crippen LogP contribution in [0.5, 0.6) is 0 Å². The first-order valence-electron chi connectivity index (χ1n) is 6.23. The second kappa shape index (κ2) is 7.53. The highest BCUT2D eigenvalue weighted by Gasteiger charge is 2.08. The van der Waals surface area contributed by atoms with Crippen LogP contribution in [-0.4, -0.2) is 28.5 Å². The molecule has 2 amide bonds. The van der Waals surface area contributed by atoms with Crippen molar-refractivity contribution in [2.75, 3.05) is 16.8 Å². The smallest absolute Gasteiger partial charge is 0.235 e. The Labute approximate surface area is 125 Å². The Bertz CT molecular complexity index is 594. The second-order valence-corrected chi connectivity index (χ2v) is 5.21. The van der Waals surface area contributed by atoms with Crippen LogP contribution in [0.2, 0.25) is 0 Å². The van der Waals surface area contributed by atoms with Crippen LogP contribution in [0.4, 0.5) is 5.82 Å². The van der Waals surface area contributed by atoms with Crippen molar-refractivity contribution in [2.45, 2.75) is 13.5 Å². The Morgan fingerprint density at radius 1 is 1.33 bits per heavy atom. The van der Waals surface area contributed by atoms with Gasteiger partial charge in [0.1, 0.15) is 11.5 Å². The van der Waals surface area contributed by atoms with E-state index in [0.717, 1.165) is 0 Å². The largest absolute Gasteiger partial charge is 0.467 e. The molecular weight excluding hydrogens is 294 g/mol. The molecule has 0 bridgehead atoms. The molecule has 7 nitrogen and oxygen atoms in total. The summed E-state index contributed by atoms with van der Waals surface area (Å²) in [5.74, 6) is 1.67. The quantitative estimate of drug-likeness (QED) is 0.805. The van der Waals surface area contributed by atoms with Crippen molar-refractivity contribution < 1.29 is 18.5 Å². The molecule has 2 aromatic heterocycles. The molecule has 2 rings (SSSR count). The number of rotatable bonds is 7. The van der Waals surface area contributed by atoms with E-state index in [1.165, 1.54) is 11.8 Å². The van der Waals surface area contributed by atoms with Crippen LogP contribution >= 0.6 is 11.8 Å². The van der Waals surface area contributed by atoms with Crippen molar-refractivity contribution in [3.05, 3.63) is 36.0 Å². The van der Waals surface area contributed by atoms with Gasteiger partial charge in [-0.25, -0.2) is 0 Å². The number of hydrogen-bond acceptors (Lipinski definition) is 6. The topological polar surface area (TPSA) is 97.4 Å². The van der Waals surface area contributed by atoms with E-state index >= 15 is 0 Å². The minimum Gasteiger partial charge on any atom is -0.467 e. The Hall–Kier alpha value is -2.22. The summed E-state index contributed by atoms with van der Waals surface area (Å²) in [5.41, 5.74) is 0. The van der Waals surface area contributed by atoms with E-state index in [-0.39, 0.29) is 23.3 Å². The van der Waals surface area contributed by atoms with Gasteiger partial charge in [0.2, 0.25) is 11.8 Å². The van der Waals surface area contributed by atoms with E-state index < -0.39 is 0 Å². The first-order valence-corrected chi connectivity index (χ1v) is 7.39. The molecule has 2 heterocycles. The van der Waals surface area contributed by atoms with E-state index in [0.29, 0.717) is 23.9 Å². The summed E-state index contributed by atoms with van der Waals surface area (Å²) in [7, 11) is 0. The van der Waals surface area contributed by atoms with Gasteiger partial charge in [-0.3, -0.25) is 9.59 Å². The summed E-state index contributed by atoms with van der Waals surface area (Å²) in [6.07, 6.45) is 1.55. The molecule has 21 heavy (non-hydrogen) atoms. The number of amides is 2. The van der Waals surface area contributed by atoms with Crippen LogP contribution in [0.15, 0.2) is 33.4 Å². The van der Waals surface area contributed by atoms with Gasteiger partial charge in [0.05, 0.1) is 24.3 Å². The van der Waals surface area contributed by atoms with E-state index in [2.05, 4.69) is 15.8 Å². The van der Waals surface area contributed by atoms with E-state index in [4.69, 9.17) is 8.94 Å². The van der Waals surface area contributed by atoms with Gasteiger partial charge in [-0.05, 0) is 19.1 Å². The maximum Gasteiger partial charge on any atom is 0.235 e. The average Bonchev–Trinajstić information content (AvgIpc) is 3.08. The van der Waals surface area contributed by atoms with Gasteiger partial charge in [0.15, 0.2) is 5.82 Å². The first-order chi connectivity index (χ1) is 10.1. The predicted molar refractivity (Wildman–Crippen MR) is 77.7 cm³/mol. The number of nitrogens with one attached hydrogen (secondary N) is 2. The number of nitrogens with zero attached hydrogens (tertiary/aromatic N) is 1. The molecule has 2 aromatic rings. The molecule has 0 saturated carbocycles. The predicted octanol–water partition coefficient (Wildman–Crippen LogP) is 1.56. The van der Waals surface area contributed by atoms with Crippen LogP contribution in [0.25, 0.3) is 0 Å². The molecule has 0 radical (unpaired) electrons. The fourth-order valence-electron chi connectivity index (χ4n) is 1.49. The summed E-state index contributed by atoms with van der Waals surface area (Å²) >= 11 is 1.22. The molecule has 112 valence electrons. The number of carbonyl (C=O) groups excluding carboxylic acids is 2. The van der Waals surface area contributed by atoms with Crippen LogP contribution in [-0.2, 0) is 16.1 Å². The van der Waals surface area contributed by atoms with E-state index in [1.807, 2.05) is 0 Å². The fourth-order valence-corrected chi connectivity index (χ4v) is 2.14. The average molecular weight is 309 g/mol. The van der Waals surface area contributed by atoms with Crippen molar-refractivity contribution in [3.8, 4) is 0 Å².